The molecule has 0 aromatic carbocycles. The molecule has 90 valence electrons. The van der Waals surface area contributed by atoms with Crippen LogP contribution in [0.2, 0.25) is 0 Å². The van der Waals surface area contributed by atoms with E-state index in [0.717, 1.165) is 0 Å². The first-order valence-corrected chi connectivity index (χ1v) is 5.14. The van der Waals surface area contributed by atoms with Crippen molar-refractivity contribution < 1.29 is 14.3 Å². The molecule has 0 rings (SSSR count). The van der Waals surface area contributed by atoms with Crippen LogP contribution in [0.5, 0.6) is 0 Å². The van der Waals surface area contributed by atoms with Crippen molar-refractivity contribution in [1.82, 2.24) is 0 Å². The van der Waals surface area contributed by atoms with Crippen LogP contribution in [-0.2, 0) is 14.3 Å². The molecule has 0 unspecified atom stereocenters. The van der Waals surface area contributed by atoms with Crippen LogP contribution in [0, 0.1) is 0 Å². The van der Waals surface area contributed by atoms with Crippen LogP contribution in [0.15, 0.2) is 17.6 Å². The Morgan fingerprint density at radius 2 is 1.88 bits per heavy atom. The number of nitrogens with zero attached hydrogens (tertiary/aromatic N) is 1. The Labute approximate surface area is 96.4 Å². The Balaban J connectivity index is 4.36. The van der Waals surface area contributed by atoms with Gasteiger partial charge in [-0.1, -0.05) is 6.58 Å². The van der Waals surface area contributed by atoms with Crippen LogP contribution in [-0.4, -0.2) is 30.1 Å². The summed E-state index contributed by atoms with van der Waals surface area (Å²) in [5.41, 5.74) is -0.264. The molecule has 4 heteroatoms. The second-order valence-electron chi connectivity index (χ2n) is 4.34. The lowest BCUT2D eigenvalue weighted by Gasteiger charge is -2.19. The Morgan fingerprint density at radius 3 is 2.25 bits per heavy atom. The largest absolute Gasteiger partial charge is 0.455 e. The van der Waals surface area contributed by atoms with Crippen LogP contribution in [0.3, 0.4) is 0 Å². The molecule has 0 bridgehead atoms. The van der Waals surface area contributed by atoms with E-state index in [1.54, 1.807) is 20.8 Å². The normalized spacial score (nSPS) is 12.1. The van der Waals surface area contributed by atoms with Crippen molar-refractivity contribution in [2.45, 2.75) is 39.2 Å². The van der Waals surface area contributed by atoms with Gasteiger partial charge in [0.05, 0.1) is 0 Å². The molecule has 0 aromatic heterocycles. The van der Waals surface area contributed by atoms with E-state index in [1.165, 1.54) is 13.1 Å². The maximum Gasteiger partial charge on any atom is 0.352 e. The minimum absolute atomic E-state index is 0.107. The Morgan fingerprint density at radius 1 is 1.31 bits per heavy atom. The molecular formula is C12H19NO3. The van der Waals surface area contributed by atoms with Crippen molar-refractivity contribution in [2.24, 2.45) is 4.99 Å². The summed E-state index contributed by atoms with van der Waals surface area (Å²) in [6, 6.07) is 0. The van der Waals surface area contributed by atoms with Gasteiger partial charge in [-0.3, -0.25) is 9.79 Å². The quantitative estimate of drug-likeness (QED) is 0.408. The average molecular weight is 225 g/mol. The van der Waals surface area contributed by atoms with Crippen molar-refractivity contribution >= 4 is 17.5 Å². The van der Waals surface area contributed by atoms with E-state index in [1.807, 2.05) is 0 Å². The van der Waals surface area contributed by atoms with Crippen LogP contribution in [0.1, 0.15) is 33.6 Å². The molecule has 0 fully saturated rings. The highest BCUT2D eigenvalue weighted by atomic mass is 16.6. The highest BCUT2D eigenvalue weighted by Gasteiger charge is 2.20. The second-order valence-corrected chi connectivity index (χ2v) is 4.34. The van der Waals surface area contributed by atoms with Gasteiger partial charge in [-0.05, 0) is 26.8 Å². The van der Waals surface area contributed by atoms with Gasteiger partial charge in [0.1, 0.15) is 11.3 Å². The zero-order chi connectivity index (χ0) is 12.8. The maximum absolute atomic E-state index is 11.6. The number of ketones is 1. The lowest BCUT2D eigenvalue weighted by atomic mass is 10.1. The molecule has 0 heterocycles. The number of allylic oxidation sites excluding steroid dienone is 1. The fourth-order valence-electron chi connectivity index (χ4n) is 0.986. The monoisotopic (exact) mass is 225 g/mol. The summed E-state index contributed by atoms with van der Waals surface area (Å²) in [6.45, 7) is 8.72. The predicted molar refractivity (Wildman–Crippen MR) is 63.6 cm³/mol. The molecule has 0 saturated heterocycles. The van der Waals surface area contributed by atoms with E-state index in [4.69, 9.17) is 4.74 Å². The number of carbonyl (C=O) groups is 2. The summed E-state index contributed by atoms with van der Waals surface area (Å²) in [7, 11) is 1.51. The summed E-state index contributed by atoms with van der Waals surface area (Å²) in [5, 5.41) is 0. The Bertz CT molecular complexity index is 311. The molecule has 0 amide bonds. The highest BCUT2D eigenvalue weighted by Crippen LogP contribution is 2.09. The molecular weight excluding hydrogens is 206 g/mol. The van der Waals surface area contributed by atoms with E-state index in [9.17, 15) is 9.59 Å². The van der Waals surface area contributed by atoms with Crippen molar-refractivity contribution in [3.8, 4) is 0 Å². The number of hydrogen-bond acceptors (Lipinski definition) is 4. The summed E-state index contributed by atoms with van der Waals surface area (Å²) in [5.74, 6) is -0.573. The van der Waals surface area contributed by atoms with Gasteiger partial charge in [-0.15, -0.1) is 0 Å². The molecule has 0 radical (unpaired) electrons. The van der Waals surface area contributed by atoms with Crippen LogP contribution in [0.25, 0.3) is 0 Å². The van der Waals surface area contributed by atoms with Crippen molar-refractivity contribution in [3.63, 3.8) is 0 Å². The number of rotatable bonds is 5. The summed E-state index contributed by atoms with van der Waals surface area (Å²) >= 11 is 0. The van der Waals surface area contributed by atoms with Gasteiger partial charge in [0, 0.05) is 19.9 Å². The fourth-order valence-corrected chi connectivity index (χ4v) is 0.986. The van der Waals surface area contributed by atoms with Gasteiger partial charge < -0.3 is 4.74 Å². The predicted octanol–water partition coefficient (Wildman–Crippen LogP) is 1.93. The standard InChI is InChI=1S/C12H19NO3/c1-6-9(14)7-8-10(13-5)11(15)16-12(2,3)4/h6H,1,7-8H2,2-5H3/b13-10-. The number of ether oxygens (including phenoxy) is 1. The number of carbonyl (C=O) groups excluding carboxylic acids is 2. The smallest absolute Gasteiger partial charge is 0.352 e. The van der Waals surface area contributed by atoms with E-state index >= 15 is 0 Å². The molecule has 4 nitrogen and oxygen atoms in total. The first-order valence-electron chi connectivity index (χ1n) is 5.14. The first-order chi connectivity index (χ1) is 7.30. The second kappa shape index (κ2) is 6.20. The molecule has 0 aliphatic rings. The Kier molecular flexibility index (Phi) is 5.64. The molecule has 0 aliphatic heterocycles. The molecule has 0 aliphatic carbocycles. The van der Waals surface area contributed by atoms with E-state index in [0.29, 0.717) is 0 Å². The van der Waals surface area contributed by atoms with Gasteiger partial charge in [-0.25, -0.2) is 4.79 Å². The van der Waals surface area contributed by atoms with Crippen molar-refractivity contribution in [2.75, 3.05) is 7.05 Å². The topological polar surface area (TPSA) is 55.7 Å². The minimum atomic E-state index is -0.546. The van der Waals surface area contributed by atoms with Gasteiger partial charge in [0.2, 0.25) is 0 Å². The molecule has 16 heavy (non-hydrogen) atoms. The highest BCUT2D eigenvalue weighted by molar-refractivity contribution is 6.36. The van der Waals surface area contributed by atoms with Crippen LogP contribution >= 0.6 is 0 Å². The average Bonchev–Trinajstić information content (AvgIpc) is 2.15. The third kappa shape index (κ3) is 6.11. The maximum atomic E-state index is 11.6. The molecule has 0 saturated carbocycles. The van der Waals surface area contributed by atoms with E-state index in [2.05, 4.69) is 11.6 Å². The fraction of sp³-hybridized carbons (Fsp3) is 0.583. The van der Waals surface area contributed by atoms with Crippen LogP contribution < -0.4 is 0 Å². The third-order valence-electron chi connectivity index (χ3n) is 1.74. The molecule has 0 aromatic rings. The number of aliphatic imine (C=N–C) groups is 1. The van der Waals surface area contributed by atoms with Crippen LogP contribution in [0.4, 0.5) is 0 Å². The molecule has 0 N–H and O–H groups in total. The summed E-state index contributed by atoms with van der Waals surface area (Å²) < 4.78 is 5.15. The Hall–Kier alpha value is -1.45. The summed E-state index contributed by atoms with van der Waals surface area (Å²) in [4.78, 5) is 26.4. The lowest BCUT2D eigenvalue weighted by Crippen LogP contribution is -2.29. The minimum Gasteiger partial charge on any atom is -0.455 e. The first kappa shape index (κ1) is 14.6. The van der Waals surface area contributed by atoms with Gasteiger partial charge in [0.25, 0.3) is 0 Å². The van der Waals surface area contributed by atoms with Crippen molar-refractivity contribution in [3.05, 3.63) is 12.7 Å². The lowest BCUT2D eigenvalue weighted by molar-refractivity contribution is -0.146. The number of esters is 1. The van der Waals surface area contributed by atoms with E-state index in [-0.39, 0.29) is 24.3 Å². The van der Waals surface area contributed by atoms with Gasteiger partial charge in [0.15, 0.2) is 5.78 Å². The van der Waals surface area contributed by atoms with Gasteiger partial charge in [-0.2, -0.15) is 0 Å². The zero-order valence-corrected chi connectivity index (χ0v) is 10.4. The molecule has 0 atom stereocenters. The third-order valence-corrected chi connectivity index (χ3v) is 1.74. The zero-order valence-electron chi connectivity index (χ0n) is 10.4. The van der Waals surface area contributed by atoms with E-state index < -0.39 is 11.6 Å². The SMILES string of the molecule is C=CC(=O)CC/C(=N/C)C(=O)OC(C)(C)C. The molecule has 0 spiro atoms. The summed E-state index contributed by atoms with van der Waals surface area (Å²) in [6.07, 6.45) is 1.76. The van der Waals surface area contributed by atoms with Crippen molar-refractivity contribution in [1.29, 1.82) is 0 Å². The number of hydrogen-bond donors (Lipinski definition) is 0. The van der Waals surface area contributed by atoms with Gasteiger partial charge >= 0.3 is 5.97 Å².